The number of nitrogens with zero attached hydrogens (tertiary/aromatic N) is 2. The number of aryl methyl sites for hydroxylation is 1. The van der Waals surface area contributed by atoms with Gasteiger partial charge in [0.1, 0.15) is 18.3 Å². The number of H-pyrrole nitrogens is 1. The highest BCUT2D eigenvalue weighted by atomic mass is 16.4. The van der Waals surface area contributed by atoms with Gasteiger partial charge in [-0.15, -0.1) is 0 Å². The number of aliphatic hydroxyl groups is 4. The third-order valence-electron chi connectivity index (χ3n) is 2.20. The van der Waals surface area contributed by atoms with Crippen molar-refractivity contribution < 1.29 is 20.4 Å². The van der Waals surface area contributed by atoms with Crippen LogP contribution in [0.4, 0.5) is 5.95 Å². The number of hydrogen-bond acceptors (Lipinski definition) is 8. The smallest absolute Gasteiger partial charge is 0.252 e. The Morgan fingerprint density at radius 2 is 2.21 bits per heavy atom. The Morgan fingerprint density at radius 1 is 1.53 bits per heavy atom. The van der Waals surface area contributed by atoms with Crippen LogP contribution in [0.5, 0.6) is 0 Å². The Hall–Kier alpha value is -1.81. The van der Waals surface area contributed by atoms with Gasteiger partial charge in [-0.25, -0.2) is 10.4 Å². The first kappa shape index (κ1) is 15.2. The molecule has 0 aliphatic carbocycles. The van der Waals surface area contributed by atoms with Crippen LogP contribution in [0.1, 0.15) is 5.69 Å². The van der Waals surface area contributed by atoms with E-state index in [2.05, 4.69) is 20.5 Å². The molecule has 1 rings (SSSR count). The zero-order chi connectivity index (χ0) is 14.4. The van der Waals surface area contributed by atoms with E-state index >= 15 is 0 Å². The van der Waals surface area contributed by atoms with E-state index in [1.165, 1.54) is 6.07 Å². The van der Waals surface area contributed by atoms with E-state index in [9.17, 15) is 15.0 Å². The molecule has 19 heavy (non-hydrogen) atoms. The Morgan fingerprint density at radius 3 is 2.79 bits per heavy atom. The number of hydrazone groups is 1. The highest BCUT2D eigenvalue weighted by molar-refractivity contribution is 5.64. The number of hydrogen-bond donors (Lipinski definition) is 6. The first-order chi connectivity index (χ1) is 8.93. The van der Waals surface area contributed by atoms with Crippen LogP contribution in [0.3, 0.4) is 0 Å². The van der Waals surface area contributed by atoms with Crippen molar-refractivity contribution in [3.05, 3.63) is 22.1 Å². The van der Waals surface area contributed by atoms with Gasteiger partial charge in [0, 0.05) is 11.8 Å². The standard InChI is InChI=1S/C10H16N4O5/c1-5-2-8(18)13-10(12-5)14-11-3-6(16)9(19)7(17)4-15/h2-3,6-7,9,15-17,19H,4H2,1H3,(H2,12,13,14,18)/b11-3+/t6-,7+,9-/m0/s1. The van der Waals surface area contributed by atoms with Gasteiger partial charge in [-0.1, -0.05) is 0 Å². The summed E-state index contributed by atoms with van der Waals surface area (Å²) in [7, 11) is 0. The fourth-order valence-electron chi connectivity index (χ4n) is 1.23. The van der Waals surface area contributed by atoms with Gasteiger partial charge in [0.2, 0.25) is 5.95 Å². The molecule has 0 bridgehead atoms. The van der Waals surface area contributed by atoms with E-state index < -0.39 is 24.9 Å². The molecule has 0 aromatic carbocycles. The summed E-state index contributed by atoms with van der Waals surface area (Å²) in [5.41, 5.74) is 2.48. The maximum absolute atomic E-state index is 11.1. The topological polar surface area (TPSA) is 151 Å². The lowest BCUT2D eigenvalue weighted by Crippen LogP contribution is -2.40. The minimum Gasteiger partial charge on any atom is -0.394 e. The molecule has 0 aliphatic heterocycles. The highest BCUT2D eigenvalue weighted by Crippen LogP contribution is 1.99. The minimum atomic E-state index is -1.57. The van der Waals surface area contributed by atoms with Crippen LogP contribution in [-0.4, -0.2) is 61.5 Å². The fourth-order valence-corrected chi connectivity index (χ4v) is 1.23. The van der Waals surface area contributed by atoms with Crippen molar-refractivity contribution in [2.75, 3.05) is 12.0 Å². The van der Waals surface area contributed by atoms with Gasteiger partial charge < -0.3 is 20.4 Å². The molecule has 0 spiro atoms. The molecule has 1 heterocycles. The lowest BCUT2D eigenvalue weighted by Gasteiger charge is -2.17. The number of aliphatic hydroxyl groups excluding tert-OH is 4. The molecular weight excluding hydrogens is 256 g/mol. The van der Waals surface area contributed by atoms with E-state index in [0.29, 0.717) is 5.69 Å². The zero-order valence-electron chi connectivity index (χ0n) is 10.2. The molecule has 0 amide bonds. The quantitative estimate of drug-likeness (QED) is 0.248. The predicted molar refractivity (Wildman–Crippen MR) is 66.8 cm³/mol. The average Bonchev–Trinajstić information content (AvgIpc) is 2.35. The van der Waals surface area contributed by atoms with Gasteiger partial charge in [-0.3, -0.25) is 9.78 Å². The van der Waals surface area contributed by atoms with Crippen molar-refractivity contribution in [1.82, 2.24) is 9.97 Å². The lowest BCUT2D eigenvalue weighted by atomic mass is 10.1. The normalized spacial score (nSPS) is 16.3. The monoisotopic (exact) mass is 272 g/mol. The van der Waals surface area contributed by atoms with E-state index in [-0.39, 0.29) is 11.5 Å². The molecular formula is C10H16N4O5. The van der Waals surface area contributed by atoms with Crippen LogP contribution < -0.4 is 11.0 Å². The van der Waals surface area contributed by atoms with Gasteiger partial charge in [-0.2, -0.15) is 5.10 Å². The summed E-state index contributed by atoms with van der Waals surface area (Å²) in [6.45, 7) is 0.937. The average molecular weight is 272 g/mol. The molecule has 9 nitrogen and oxygen atoms in total. The molecule has 0 unspecified atom stereocenters. The summed E-state index contributed by atoms with van der Waals surface area (Å²) < 4.78 is 0. The molecule has 1 aromatic rings. The highest BCUT2D eigenvalue weighted by Gasteiger charge is 2.22. The van der Waals surface area contributed by atoms with E-state index in [0.717, 1.165) is 6.21 Å². The number of anilines is 1. The molecule has 1 aromatic heterocycles. The van der Waals surface area contributed by atoms with Crippen LogP contribution in [0, 0.1) is 6.92 Å². The summed E-state index contributed by atoms with van der Waals surface area (Å²) in [6, 6.07) is 1.30. The van der Waals surface area contributed by atoms with Gasteiger partial charge in [0.05, 0.1) is 12.8 Å². The van der Waals surface area contributed by atoms with Gasteiger partial charge in [0.15, 0.2) is 0 Å². The summed E-state index contributed by atoms with van der Waals surface area (Å²) in [5.74, 6) is 0.0747. The van der Waals surface area contributed by atoms with Crippen LogP contribution in [0.15, 0.2) is 16.0 Å². The van der Waals surface area contributed by atoms with Crippen LogP contribution in [0.25, 0.3) is 0 Å². The first-order valence-electron chi connectivity index (χ1n) is 5.46. The summed E-state index contributed by atoms with van der Waals surface area (Å²) in [6.07, 6.45) is -3.61. The first-order valence-corrected chi connectivity index (χ1v) is 5.46. The Bertz CT molecular complexity index is 489. The third-order valence-corrected chi connectivity index (χ3v) is 2.20. The van der Waals surface area contributed by atoms with Gasteiger partial charge in [-0.05, 0) is 6.92 Å². The van der Waals surface area contributed by atoms with Crippen LogP contribution in [-0.2, 0) is 0 Å². The number of nitrogens with one attached hydrogen (secondary N) is 2. The van der Waals surface area contributed by atoms with Crippen molar-refractivity contribution in [2.24, 2.45) is 5.10 Å². The molecule has 0 radical (unpaired) electrons. The fraction of sp³-hybridized carbons (Fsp3) is 0.500. The summed E-state index contributed by atoms with van der Waals surface area (Å²) in [4.78, 5) is 17.4. The van der Waals surface area contributed by atoms with E-state index in [4.69, 9.17) is 10.2 Å². The summed E-state index contributed by atoms with van der Waals surface area (Å²) in [5, 5.41) is 39.9. The molecule has 3 atom stereocenters. The second-order valence-corrected chi connectivity index (χ2v) is 3.86. The number of rotatable bonds is 6. The third kappa shape index (κ3) is 4.75. The lowest BCUT2D eigenvalue weighted by molar-refractivity contribution is -0.0541. The predicted octanol–water partition coefficient (Wildman–Crippen LogP) is -2.45. The molecule has 106 valence electrons. The molecule has 0 saturated carbocycles. The number of aromatic amines is 1. The minimum absolute atomic E-state index is 0.0747. The Balaban J connectivity index is 2.60. The molecule has 0 aliphatic rings. The molecule has 6 N–H and O–H groups in total. The van der Waals surface area contributed by atoms with Crippen molar-refractivity contribution >= 4 is 12.2 Å². The van der Waals surface area contributed by atoms with E-state index in [1.807, 2.05) is 0 Å². The Labute approximate surface area is 108 Å². The van der Waals surface area contributed by atoms with Crippen molar-refractivity contribution in [3.63, 3.8) is 0 Å². The summed E-state index contributed by atoms with van der Waals surface area (Å²) >= 11 is 0. The molecule has 9 heteroatoms. The van der Waals surface area contributed by atoms with Gasteiger partial charge >= 0.3 is 0 Å². The maximum atomic E-state index is 11.1. The van der Waals surface area contributed by atoms with Crippen molar-refractivity contribution in [3.8, 4) is 0 Å². The SMILES string of the molecule is Cc1cc(=O)[nH]c(N/N=C/[C@H](O)[C@H](O)[C@H](O)CO)n1. The molecule has 0 fully saturated rings. The second kappa shape index (κ2) is 6.95. The zero-order valence-corrected chi connectivity index (χ0v) is 10.2. The van der Waals surface area contributed by atoms with Crippen LogP contribution >= 0.6 is 0 Å². The van der Waals surface area contributed by atoms with E-state index in [1.54, 1.807) is 6.92 Å². The largest absolute Gasteiger partial charge is 0.394 e. The van der Waals surface area contributed by atoms with Crippen LogP contribution in [0.2, 0.25) is 0 Å². The second-order valence-electron chi connectivity index (χ2n) is 3.86. The van der Waals surface area contributed by atoms with Crippen molar-refractivity contribution in [2.45, 2.75) is 25.2 Å². The molecule has 0 saturated heterocycles. The van der Waals surface area contributed by atoms with Crippen molar-refractivity contribution in [1.29, 1.82) is 0 Å². The Kier molecular flexibility index (Phi) is 5.57. The maximum Gasteiger partial charge on any atom is 0.252 e. The number of aromatic nitrogens is 2. The van der Waals surface area contributed by atoms with Gasteiger partial charge in [0.25, 0.3) is 5.56 Å².